The highest BCUT2D eigenvalue weighted by atomic mass is 16.2. The summed E-state index contributed by atoms with van der Waals surface area (Å²) < 4.78 is 0. The molecule has 1 amide bonds. The topological polar surface area (TPSA) is 45.2 Å². The van der Waals surface area contributed by atoms with Crippen molar-refractivity contribution in [2.75, 3.05) is 10.2 Å². The van der Waals surface area contributed by atoms with Crippen LogP contribution in [0.4, 0.5) is 11.4 Å². The van der Waals surface area contributed by atoms with E-state index in [1.54, 1.807) is 17.3 Å². The van der Waals surface area contributed by atoms with E-state index >= 15 is 0 Å². The number of hydrogen-bond acceptors (Lipinski definition) is 3. The Bertz CT molecular complexity index is 917. The normalized spacial score (nSPS) is 16.0. The highest BCUT2D eigenvalue weighted by molar-refractivity contribution is 6.11. The molecule has 0 bridgehead atoms. The molecule has 2 aromatic carbocycles. The molecule has 0 fully saturated rings. The monoisotopic (exact) mass is 329 g/mol. The van der Waals surface area contributed by atoms with E-state index in [2.05, 4.69) is 42.3 Å². The Balaban J connectivity index is 1.79. The maximum absolute atomic E-state index is 13.0. The summed E-state index contributed by atoms with van der Waals surface area (Å²) in [6, 6.07) is 17.8. The van der Waals surface area contributed by atoms with Crippen molar-refractivity contribution >= 4 is 17.3 Å². The van der Waals surface area contributed by atoms with Crippen LogP contribution in [-0.2, 0) is 0 Å². The van der Waals surface area contributed by atoms with Gasteiger partial charge >= 0.3 is 0 Å². The van der Waals surface area contributed by atoms with E-state index < -0.39 is 0 Å². The van der Waals surface area contributed by atoms with Crippen LogP contribution in [-0.4, -0.2) is 10.9 Å². The Labute approximate surface area is 147 Å². The zero-order valence-electron chi connectivity index (χ0n) is 14.2. The Kier molecular flexibility index (Phi) is 3.73. The lowest BCUT2D eigenvalue weighted by Crippen LogP contribution is -2.32. The van der Waals surface area contributed by atoms with Gasteiger partial charge in [0.25, 0.3) is 5.91 Å². The summed E-state index contributed by atoms with van der Waals surface area (Å²) in [5.74, 6) is -0.00882. The van der Waals surface area contributed by atoms with Gasteiger partial charge in [-0.1, -0.05) is 24.3 Å². The number of amides is 1. The number of carbonyl (C=O) groups is 1. The highest BCUT2D eigenvalue weighted by Gasteiger charge is 2.37. The van der Waals surface area contributed by atoms with Crippen LogP contribution in [0.1, 0.15) is 33.2 Å². The highest BCUT2D eigenvalue weighted by Crippen LogP contribution is 2.37. The third kappa shape index (κ3) is 2.76. The van der Waals surface area contributed by atoms with E-state index in [1.165, 1.54) is 11.1 Å². The molecule has 4 heteroatoms. The number of hydrogen-bond donors (Lipinski definition) is 1. The van der Waals surface area contributed by atoms with Gasteiger partial charge in [-0.3, -0.25) is 14.7 Å². The first-order valence-electron chi connectivity index (χ1n) is 8.31. The molecule has 124 valence electrons. The van der Waals surface area contributed by atoms with E-state index in [9.17, 15) is 4.79 Å². The van der Waals surface area contributed by atoms with Crippen molar-refractivity contribution in [1.82, 2.24) is 4.98 Å². The van der Waals surface area contributed by atoms with Crippen LogP contribution in [0.15, 0.2) is 67.0 Å². The first-order chi connectivity index (χ1) is 12.1. The van der Waals surface area contributed by atoms with Gasteiger partial charge in [0.05, 0.1) is 11.9 Å². The fraction of sp³-hybridized carbons (Fsp3) is 0.143. The molecule has 25 heavy (non-hydrogen) atoms. The molecule has 1 aromatic heterocycles. The maximum Gasteiger partial charge on any atom is 0.260 e. The molecule has 0 saturated heterocycles. The van der Waals surface area contributed by atoms with Crippen molar-refractivity contribution in [1.29, 1.82) is 0 Å². The third-order valence-corrected chi connectivity index (χ3v) is 4.41. The number of nitrogens with zero attached hydrogens (tertiary/aromatic N) is 2. The summed E-state index contributed by atoms with van der Waals surface area (Å²) in [5, 5.41) is 3.54. The van der Waals surface area contributed by atoms with Crippen LogP contribution < -0.4 is 10.2 Å². The number of rotatable bonds is 3. The molecule has 0 saturated carbocycles. The SMILES string of the molecule is Cc1cc(C)cc(N[C@@H]2c3ccccc3C(=O)N2c2cccnc2)c1. The summed E-state index contributed by atoms with van der Waals surface area (Å²) in [7, 11) is 0. The van der Waals surface area contributed by atoms with E-state index in [4.69, 9.17) is 0 Å². The molecular formula is C21H19N3O. The molecule has 0 radical (unpaired) electrons. The van der Waals surface area contributed by atoms with Crippen molar-refractivity contribution in [2.45, 2.75) is 20.0 Å². The Morgan fingerprint density at radius 3 is 2.48 bits per heavy atom. The fourth-order valence-corrected chi connectivity index (χ4v) is 3.44. The predicted molar refractivity (Wildman–Crippen MR) is 99.8 cm³/mol. The zero-order chi connectivity index (χ0) is 17.4. The number of anilines is 2. The number of aromatic nitrogens is 1. The van der Waals surface area contributed by atoms with Gasteiger partial charge in [0.15, 0.2) is 0 Å². The standard InChI is InChI=1S/C21H19N3O/c1-14-10-15(2)12-16(11-14)23-20-18-7-3-4-8-19(18)21(25)24(20)17-6-5-9-22-13-17/h3-13,20,23H,1-2H3/t20-/m0/s1. The lowest BCUT2D eigenvalue weighted by atomic mass is 10.1. The predicted octanol–water partition coefficient (Wildman–Crippen LogP) is 4.47. The molecule has 0 aliphatic carbocycles. The van der Waals surface area contributed by atoms with Crippen LogP contribution in [0.3, 0.4) is 0 Å². The van der Waals surface area contributed by atoms with Gasteiger partial charge in [-0.2, -0.15) is 0 Å². The first kappa shape index (κ1) is 15.4. The van der Waals surface area contributed by atoms with Crippen LogP contribution in [0.25, 0.3) is 0 Å². The summed E-state index contributed by atoms with van der Waals surface area (Å²) in [6.07, 6.45) is 3.18. The minimum atomic E-state index is -0.255. The van der Waals surface area contributed by atoms with Crippen molar-refractivity contribution < 1.29 is 4.79 Å². The van der Waals surface area contributed by atoms with Gasteiger partial charge in [-0.15, -0.1) is 0 Å². The summed E-state index contributed by atoms with van der Waals surface area (Å²) in [4.78, 5) is 18.9. The molecule has 1 aliphatic rings. The molecule has 2 heterocycles. The Morgan fingerprint density at radius 1 is 1.00 bits per heavy atom. The van der Waals surface area contributed by atoms with Crippen LogP contribution >= 0.6 is 0 Å². The molecule has 4 nitrogen and oxygen atoms in total. The van der Waals surface area contributed by atoms with Crippen LogP contribution in [0.5, 0.6) is 0 Å². The van der Waals surface area contributed by atoms with E-state index in [0.717, 1.165) is 22.5 Å². The molecule has 0 spiro atoms. The van der Waals surface area contributed by atoms with Crippen LogP contribution in [0.2, 0.25) is 0 Å². The third-order valence-electron chi connectivity index (χ3n) is 4.41. The number of aryl methyl sites for hydroxylation is 2. The van der Waals surface area contributed by atoms with Gasteiger partial charge in [-0.05, 0) is 55.3 Å². The van der Waals surface area contributed by atoms with Crippen LogP contribution in [0, 0.1) is 13.8 Å². The average Bonchev–Trinajstić information content (AvgIpc) is 2.87. The van der Waals surface area contributed by atoms with Gasteiger partial charge < -0.3 is 5.32 Å². The molecular weight excluding hydrogens is 310 g/mol. The number of fused-ring (bicyclic) bond motifs is 1. The van der Waals surface area contributed by atoms with Gasteiger partial charge in [0, 0.05) is 23.0 Å². The van der Waals surface area contributed by atoms with Crippen molar-refractivity contribution in [3.05, 3.63) is 89.2 Å². The molecule has 1 aliphatic heterocycles. The minimum Gasteiger partial charge on any atom is -0.361 e. The second-order valence-electron chi connectivity index (χ2n) is 6.40. The largest absolute Gasteiger partial charge is 0.361 e. The fourth-order valence-electron chi connectivity index (χ4n) is 3.44. The molecule has 0 unspecified atom stereocenters. The molecule has 1 atom stereocenters. The number of pyridine rings is 1. The summed E-state index contributed by atoms with van der Waals surface area (Å²) in [6.45, 7) is 4.15. The Morgan fingerprint density at radius 2 is 1.76 bits per heavy atom. The van der Waals surface area contributed by atoms with E-state index in [-0.39, 0.29) is 12.1 Å². The number of benzene rings is 2. The summed E-state index contributed by atoms with van der Waals surface area (Å²) in [5.41, 5.74) is 5.87. The zero-order valence-corrected chi connectivity index (χ0v) is 14.2. The second kappa shape index (κ2) is 6.06. The van der Waals surface area contributed by atoms with Crippen molar-refractivity contribution in [3.8, 4) is 0 Å². The average molecular weight is 329 g/mol. The smallest absolute Gasteiger partial charge is 0.260 e. The lowest BCUT2D eigenvalue weighted by molar-refractivity contribution is 0.0993. The maximum atomic E-state index is 13.0. The minimum absolute atomic E-state index is 0.00882. The van der Waals surface area contributed by atoms with E-state index in [0.29, 0.717) is 0 Å². The summed E-state index contributed by atoms with van der Waals surface area (Å²) >= 11 is 0. The first-order valence-corrected chi connectivity index (χ1v) is 8.31. The molecule has 1 N–H and O–H groups in total. The lowest BCUT2D eigenvalue weighted by Gasteiger charge is -2.27. The van der Waals surface area contributed by atoms with Crippen molar-refractivity contribution in [3.63, 3.8) is 0 Å². The van der Waals surface area contributed by atoms with Gasteiger partial charge in [0.1, 0.15) is 6.17 Å². The molecule has 4 rings (SSSR count). The Hall–Kier alpha value is -3.14. The van der Waals surface area contributed by atoms with Gasteiger partial charge in [-0.25, -0.2) is 0 Å². The molecule has 3 aromatic rings. The quantitative estimate of drug-likeness (QED) is 0.771. The van der Waals surface area contributed by atoms with Gasteiger partial charge in [0.2, 0.25) is 0 Å². The second-order valence-corrected chi connectivity index (χ2v) is 6.40. The van der Waals surface area contributed by atoms with E-state index in [1.807, 2.05) is 36.4 Å². The number of carbonyl (C=O) groups excluding carboxylic acids is 1. The number of nitrogens with one attached hydrogen (secondary N) is 1. The van der Waals surface area contributed by atoms with Crippen molar-refractivity contribution in [2.24, 2.45) is 0 Å².